The van der Waals surface area contributed by atoms with Gasteiger partial charge in [0, 0.05) is 27.6 Å². The zero-order valence-corrected chi connectivity index (χ0v) is 14.1. The number of aryl methyl sites for hydroxylation is 1. The quantitative estimate of drug-likeness (QED) is 0.591. The third-order valence-corrected chi connectivity index (χ3v) is 4.24. The van der Waals surface area contributed by atoms with E-state index in [0.29, 0.717) is 15.6 Å². The number of esters is 1. The van der Waals surface area contributed by atoms with Gasteiger partial charge in [-0.2, -0.15) is 0 Å². The van der Waals surface area contributed by atoms with E-state index in [1.807, 2.05) is 25.1 Å². The molecule has 0 unspecified atom stereocenters. The first-order chi connectivity index (χ1) is 11.0. The molecule has 5 heteroatoms. The fourth-order valence-electron chi connectivity index (χ4n) is 2.56. The molecule has 23 heavy (non-hydrogen) atoms. The zero-order chi connectivity index (χ0) is 16.6. The van der Waals surface area contributed by atoms with Gasteiger partial charge in [0.2, 0.25) is 0 Å². The molecule has 3 aromatic rings. The van der Waals surface area contributed by atoms with Gasteiger partial charge in [0.25, 0.3) is 0 Å². The molecule has 2 aromatic carbocycles. The molecule has 0 aliphatic heterocycles. The number of hydrogen-bond acceptors (Lipinski definition) is 3. The highest BCUT2D eigenvalue weighted by atomic mass is 35.5. The van der Waals surface area contributed by atoms with Gasteiger partial charge in [0.05, 0.1) is 23.4 Å². The maximum absolute atomic E-state index is 11.8. The maximum Gasteiger partial charge on any atom is 0.337 e. The summed E-state index contributed by atoms with van der Waals surface area (Å²) in [5, 5.41) is 2.83. The molecule has 0 spiro atoms. The molecule has 0 fully saturated rings. The molecule has 0 saturated heterocycles. The van der Waals surface area contributed by atoms with E-state index in [1.54, 1.807) is 24.4 Å². The van der Waals surface area contributed by atoms with E-state index < -0.39 is 5.97 Å². The largest absolute Gasteiger partial charge is 0.465 e. The number of ether oxygens (including phenoxy) is 1. The molecule has 116 valence electrons. The van der Waals surface area contributed by atoms with Gasteiger partial charge in [0.15, 0.2) is 0 Å². The first kappa shape index (κ1) is 15.8. The first-order valence-electron chi connectivity index (χ1n) is 6.94. The van der Waals surface area contributed by atoms with Crippen LogP contribution in [0.1, 0.15) is 15.9 Å². The van der Waals surface area contributed by atoms with Gasteiger partial charge in [-0.3, -0.25) is 4.98 Å². The van der Waals surface area contributed by atoms with Crippen molar-refractivity contribution >= 4 is 39.9 Å². The number of hydrogen-bond donors (Lipinski definition) is 0. The Morgan fingerprint density at radius 1 is 1.09 bits per heavy atom. The van der Waals surface area contributed by atoms with E-state index in [1.165, 1.54) is 7.11 Å². The standard InChI is InChI=1S/C18H13Cl2NO2/c1-10-7-12(19)4-6-13(10)17-15-8-11(18(22)23-2)3-5-14(15)16(20)9-21-17/h3-9H,1-2H3. The van der Waals surface area contributed by atoms with E-state index in [4.69, 9.17) is 27.9 Å². The van der Waals surface area contributed by atoms with Gasteiger partial charge >= 0.3 is 5.97 Å². The Bertz CT molecular complexity index is 922. The summed E-state index contributed by atoms with van der Waals surface area (Å²) < 4.78 is 4.79. The third kappa shape index (κ3) is 2.90. The molecule has 1 heterocycles. The van der Waals surface area contributed by atoms with Crippen molar-refractivity contribution in [2.75, 3.05) is 7.11 Å². The van der Waals surface area contributed by atoms with Crippen LogP contribution in [0.3, 0.4) is 0 Å². The number of benzene rings is 2. The lowest BCUT2D eigenvalue weighted by Crippen LogP contribution is -2.01. The smallest absolute Gasteiger partial charge is 0.337 e. The number of nitrogens with zero attached hydrogens (tertiary/aromatic N) is 1. The molecule has 0 atom stereocenters. The monoisotopic (exact) mass is 345 g/mol. The van der Waals surface area contributed by atoms with Crippen LogP contribution in [-0.4, -0.2) is 18.1 Å². The molecule has 3 nitrogen and oxygen atoms in total. The Hall–Kier alpha value is -2.10. The topological polar surface area (TPSA) is 39.2 Å². The number of pyridine rings is 1. The van der Waals surface area contributed by atoms with Crippen LogP contribution in [0.15, 0.2) is 42.6 Å². The van der Waals surface area contributed by atoms with Gasteiger partial charge < -0.3 is 4.74 Å². The first-order valence-corrected chi connectivity index (χ1v) is 7.70. The number of carbonyl (C=O) groups is 1. The molecule has 0 saturated carbocycles. The summed E-state index contributed by atoms with van der Waals surface area (Å²) in [5.74, 6) is -0.398. The van der Waals surface area contributed by atoms with Crippen LogP contribution >= 0.6 is 23.2 Å². The Labute approximate surface area is 143 Å². The minimum absolute atomic E-state index is 0.398. The second-order valence-corrected chi connectivity index (χ2v) is 6.01. The van der Waals surface area contributed by atoms with Crippen molar-refractivity contribution in [2.45, 2.75) is 6.92 Å². The fraction of sp³-hybridized carbons (Fsp3) is 0.111. The summed E-state index contributed by atoms with van der Waals surface area (Å²) >= 11 is 12.3. The average Bonchev–Trinajstić information content (AvgIpc) is 2.55. The second kappa shape index (κ2) is 6.19. The summed E-state index contributed by atoms with van der Waals surface area (Å²) in [6, 6.07) is 10.9. The predicted molar refractivity (Wildman–Crippen MR) is 93.3 cm³/mol. The fourth-order valence-corrected chi connectivity index (χ4v) is 3.00. The Kier molecular flexibility index (Phi) is 4.24. The Balaban J connectivity index is 2.31. The summed E-state index contributed by atoms with van der Waals surface area (Å²) in [6.45, 7) is 1.97. The molecular formula is C18H13Cl2NO2. The minimum Gasteiger partial charge on any atom is -0.465 e. The molecule has 0 radical (unpaired) electrons. The summed E-state index contributed by atoms with van der Waals surface area (Å²) in [7, 11) is 1.35. The average molecular weight is 346 g/mol. The number of rotatable bonds is 2. The second-order valence-electron chi connectivity index (χ2n) is 5.17. The lowest BCUT2D eigenvalue weighted by Gasteiger charge is -2.11. The Morgan fingerprint density at radius 2 is 1.87 bits per heavy atom. The van der Waals surface area contributed by atoms with Crippen molar-refractivity contribution in [3.63, 3.8) is 0 Å². The van der Waals surface area contributed by atoms with Crippen molar-refractivity contribution in [2.24, 2.45) is 0 Å². The number of carbonyl (C=O) groups excluding carboxylic acids is 1. The number of halogens is 2. The van der Waals surface area contributed by atoms with E-state index in [9.17, 15) is 4.79 Å². The highest BCUT2D eigenvalue weighted by molar-refractivity contribution is 6.36. The molecule has 0 aliphatic rings. The third-order valence-electron chi connectivity index (χ3n) is 3.70. The zero-order valence-electron chi connectivity index (χ0n) is 12.6. The molecule has 3 rings (SSSR count). The van der Waals surface area contributed by atoms with Crippen molar-refractivity contribution in [3.05, 3.63) is 63.8 Å². The highest BCUT2D eigenvalue weighted by Crippen LogP contribution is 2.34. The summed E-state index contributed by atoms with van der Waals surface area (Å²) in [5.41, 5.74) is 3.15. The van der Waals surface area contributed by atoms with Crippen molar-refractivity contribution < 1.29 is 9.53 Å². The van der Waals surface area contributed by atoms with E-state index >= 15 is 0 Å². The van der Waals surface area contributed by atoms with Crippen LogP contribution in [0.4, 0.5) is 0 Å². The van der Waals surface area contributed by atoms with E-state index in [-0.39, 0.29) is 0 Å². The molecule has 0 amide bonds. The SMILES string of the molecule is COC(=O)c1ccc2c(Cl)cnc(-c3ccc(Cl)cc3C)c2c1. The molecule has 1 aromatic heterocycles. The van der Waals surface area contributed by atoms with Crippen LogP contribution in [0.25, 0.3) is 22.0 Å². The number of fused-ring (bicyclic) bond motifs is 1. The van der Waals surface area contributed by atoms with Gasteiger partial charge in [-0.15, -0.1) is 0 Å². The summed E-state index contributed by atoms with van der Waals surface area (Å²) in [6.07, 6.45) is 1.62. The van der Waals surface area contributed by atoms with Crippen molar-refractivity contribution in [3.8, 4) is 11.3 Å². The normalized spacial score (nSPS) is 10.8. The molecule has 0 bridgehead atoms. The predicted octanol–water partition coefficient (Wildman–Crippen LogP) is 5.30. The minimum atomic E-state index is -0.398. The lowest BCUT2D eigenvalue weighted by atomic mass is 9.99. The van der Waals surface area contributed by atoms with Gasteiger partial charge in [-0.25, -0.2) is 4.79 Å². The van der Waals surface area contributed by atoms with Gasteiger partial charge in [-0.1, -0.05) is 35.3 Å². The highest BCUT2D eigenvalue weighted by Gasteiger charge is 2.14. The number of aromatic nitrogens is 1. The van der Waals surface area contributed by atoms with Crippen LogP contribution in [0, 0.1) is 6.92 Å². The van der Waals surface area contributed by atoms with Crippen LogP contribution in [-0.2, 0) is 4.74 Å². The maximum atomic E-state index is 11.8. The van der Waals surface area contributed by atoms with E-state index in [0.717, 1.165) is 27.6 Å². The van der Waals surface area contributed by atoms with Crippen molar-refractivity contribution in [1.82, 2.24) is 4.98 Å². The van der Waals surface area contributed by atoms with E-state index in [2.05, 4.69) is 4.98 Å². The van der Waals surface area contributed by atoms with Gasteiger partial charge in [-0.05, 0) is 36.8 Å². The Morgan fingerprint density at radius 3 is 2.57 bits per heavy atom. The lowest BCUT2D eigenvalue weighted by molar-refractivity contribution is 0.0601. The molecule has 0 N–H and O–H groups in total. The van der Waals surface area contributed by atoms with Crippen LogP contribution < -0.4 is 0 Å². The van der Waals surface area contributed by atoms with Crippen LogP contribution in [0.2, 0.25) is 10.0 Å². The number of methoxy groups -OCH3 is 1. The summed E-state index contributed by atoms with van der Waals surface area (Å²) in [4.78, 5) is 16.3. The van der Waals surface area contributed by atoms with Crippen molar-refractivity contribution in [1.29, 1.82) is 0 Å². The molecule has 0 aliphatic carbocycles. The van der Waals surface area contributed by atoms with Gasteiger partial charge in [0.1, 0.15) is 0 Å². The molecular weight excluding hydrogens is 333 g/mol. The van der Waals surface area contributed by atoms with Crippen LogP contribution in [0.5, 0.6) is 0 Å².